The van der Waals surface area contributed by atoms with E-state index in [4.69, 9.17) is 0 Å². The van der Waals surface area contributed by atoms with E-state index in [1.807, 2.05) is 20.8 Å². The molecule has 0 saturated heterocycles. The monoisotopic (exact) mass is 146 g/mol. The van der Waals surface area contributed by atoms with Gasteiger partial charge >= 0.3 is 6.03 Å². The molecule has 0 radical (unpaired) electrons. The SMILES string of the molecule is CC.CCCNC(=O)NC. The molecule has 0 aromatic carbocycles. The van der Waals surface area contributed by atoms with Gasteiger partial charge in [0.1, 0.15) is 0 Å². The van der Waals surface area contributed by atoms with Crippen molar-refractivity contribution in [2.24, 2.45) is 0 Å². The summed E-state index contributed by atoms with van der Waals surface area (Å²) in [6.07, 6.45) is 0.980. The summed E-state index contributed by atoms with van der Waals surface area (Å²) in [7, 11) is 1.60. The minimum Gasteiger partial charge on any atom is -0.341 e. The van der Waals surface area contributed by atoms with Gasteiger partial charge < -0.3 is 10.6 Å². The van der Waals surface area contributed by atoms with E-state index in [0.717, 1.165) is 13.0 Å². The topological polar surface area (TPSA) is 41.1 Å². The zero-order chi connectivity index (χ0) is 8.41. The average molecular weight is 146 g/mol. The number of hydrogen-bond donors (Lipinski definition) is 2. The highest BCUT2D eigenvalue weighted by Gasteiger charge is 1.89. The van der Waals surface area contributed by atoms with Gasteiger partial charge in [-0.1, -0.05) is 20.8 Å². The molecule has 0 saturated carbocycles. The van der Waals surface area contributed by atoms with E-state index in [9.17, 15) is 4.79 Å². The van der Waals surface area contributed by atoms with E-state index < -0.39 is 0 Å². The molecular formula is C7H18N2O. The molecule has 0 atom stereocenters. The van der Waals surface area contributed by atoms with Crippen molar-refractivity contribution in [2.75, 3.05) is 13.6 Å². The molecule has 0 aromatic rings. The molecule has 0 heterocycles. The molecule has 2 amide bonds. The summed E-state index contributed by atoms with van der Waals surface area (Å²) in [5.74, 6) is 0. The Labute approximate surface area is 63.2 Å². The molecule has 0 aliphatic heterocycles. The van der Waals surface area contributed by atoms with Gasteiger partial charge in [0, 0.05) is 13.6 Å². The van der Waals surface area contributed by atoms with Crippen LogP contribution < -0.4 is 10.6 Å². The van der Waals surface area contributed by atoms with Crippen LogP contribution in [0.15, 0.2) is 0 Å². The Kier molecular flexibility index (Phi) is 13.3. The van der Waals surface area contributed by atoms with Crippen LogP contribution in [-0.2, 0) is 0 Å². The lowest BCUT2D eigenvalue weighted by Gasteiger charge is -1.98. The first kappa shape index (κ1) is 12.0. The molecular weight excluding hydrogens is 128 g/mol. The maximum absolute atomic E-state index is 10.3. The van der Waals surface area contributed by atoms with Crippen molar-refractivity contribution < 1.29 is 4.79 Å². The third-order valence-electron chi connectivity index (χ3n) is 0.763. The fourth-order valence-electron chi connectivity index (χ4n) is 0.327. The Morgan fingerprint density at radius 3 is 2.20 bits per heavy atom. The van der Waals surface area contributed by atoms with Gasteiger partial charge in [0.15, 0.2) is 0 Å². The summed E-state index contributed by atoms with van der Waals surface area (Å²) in [5.41, 5.74) is 0. The summed E-state index contributed by atoms with van der Waals surface area (Å²) in [4.78, 5) is 10.3. The van der Waals surface area contributed by atoms with E-state index in [1.165, 1.54) is 0 Å². The Morgan fingerprint density at radius 2 is 1.90 bits per heavy atom. The molecule has 2 N–H and O–H groups in total. The van der Waals surface area contributed by atoms with Crippen molar-refractivity contribution in [3.05, 3.63) is 0 Å². The molecule has 0 aliphatic carbocycles. The van der Waals surface area contributed by atoms with Gasteiger partial charge in [-0.25, -0.2) is 4.79 Å². The second-order valence-corrected chi connectivity index (χ2v) is 1.51. The van der Waals surface area contributed by atoms with Crippen LogP contribution in [0, 0.1) is 0 Å². The van der Waals surface area contributed by atoms with Crippen LogP contribution in [-0.4, -0.2) is 19.6 Å². The predicted octanol–water partition coefficient (Wildman–Crippen LogP) is 1.35. The lowest BCUT2D eigenvalue weighted by Crippen LogP contribution is -2.32. The minimum absolute atomic E-state index is 0.105. The van der Waals surface area contributed by atoms with Gasteiger partial charge in [0.2, 0.25) is 0 Å². The van der Waals surface area contributed by atoms with Crippen LogP contribution in [0.5, 0.6) is 0 Å². The quantitative estimate of drug-likeness (QED) is 0.606. The number of carbonyl (C=O) groups is 1. The number of rotatable bonds is 2. The smallest absolute Gasteiger partial charge is 0.314 e. The van der Waals surface area contributed by atoms with Gasteiger partial charge in [-0.2, -0.15) is 0 Å². The van der Waals surface area contributed by atoms with Crippen molar-refractivity contribution in [2.45, 2.75) is 27.2 Å². The van der Waals surface area contributed by atoms with E-state index in [2.05, 4.69) is 10.6 Å². The molecule has 0 spiro atoms. The number of hydrogen-bond acceptors (Lipinski definition) is 1. The Bertz CT molecular complexity index is 74.0. The van der Waals surface area contributed by atoms with Crippen molar-refractivity contribution in [3.8, 4) is 0 Å². The molecule has 0 rings (SSSR count). The first-order valence-electron chi connectivity index (χ1n) is 3.76. The normalized spacial score (nSPS) is 7.20. The fourth-order valence-corrected chi connectivity index (χ4v) is 0.327. The third kappa shape index (κ3) is 10.3. The summed E-state index contributed by atoms with van der Waals surface area (Å²) < 4.78 is 0. The standard InChI is InChI=1S/C5H12N2O.C2H6/c1-3-4-7-5(8)6-2;1-2/h3-4H2,1-2H3,(H2,6,7,8);1-2H3. The molecule has 0 unspecified atom stereocenters. The third-order valence-corrected chi connectivity index (χ3v) is 0.763. The van der Waals surface area contributed by atoms with E-state index in [-0.39, 0.29) is 6.03 Å². The van der Waals surface area contributed by atoms with Gasteiger partial charge in [-0.15, -0.1) is 0 Å². The van der Waals surface area contributed by atoms with Gasteiger partial charge in [-0.05, 0) is 6.42 Å². The largest absolute Gasteiger partial charge is 0.341 e. The van der Waals surface area contributed by atoms with Crippen LogP contribution in [0.1, 0.15) is 27.2 Å². The number of urea groups is 1. The van der Waals surface area contributed by atoms with Crippen LogP contribution in [0.25, 0.3) is 0 Å². The zero-order valence-corrected chi connectivity index (χ0v) is 7.32. The molecule has 0 bridgehead atoms. The second-order valence-electron chi connectivity index (χ2n) is 1.51. The van der Waals surface area contributed by atoms with Crippen molar-refractivity contribution in [1.29, 1.82) is 0 Å². The highest BCUT2D eigenvalue weighted by Crippen LogP contribution is 1.68. The second kappa shape index (κ2) is 11.1. The summed E-state index contributed by atoms with van der Waals surface area (Å²) in [5, 5.41) is 5.08. The first-order chi connectivity index (χ1) is 4.81. The maximum Gasteiger partial charge on any atom is 0.314 e. The molecule has 0 aliphatic rings. The molecule has 3 heteroatoms. The fraction of sp³-hybridized carbons (Fsp3) is 0.857. The van der Waals surface area contributed by atoms with E-state index in [0.29, 0.717) is 0 Å². The first-order valence-corrected chi connectivity index (χ1v) is 3.76. The van der Waals surface area contributed by atoms with E-state index >= 15 is 0 Å². The van der Waals surface area contributed by atoms with Gasteiger partial charge in [0.25, 0.3) is 0 Å². The lowest BCUT2D eigenvalue weighted by molar-refractivity contribution is 0.243. The van der Waals surface area contributed by atoms with Crippen molar-refractivity contribution >= 4 is 6.03 Å². The van der Waals surface area contributed by atoms with Crippen LogP contribution in [0.2, 0.25) is 0 Å². The van der Waals surface area contributed by atoms with Crippen LogP contribution >= 0.6 is 0 Å². The highest BCUT2D eigenvalue weighted by molar-refractivity contribution is 5.73. The summed E-state index contributed by atoms with van der Waals surface area (Å²) in [6, 6.07) is -0.105. The lowest BCUT2D eigenvalue weighted by atomic mass is 10.5. The Morgan fingerprint density at radius 1 is 1.40 bits per heavy atom. The minimum atomic E-state index is -0.105. The Hall–Kier alpha value is -0.730. The van der Waals surface area contributed by atoms with Crippen molar-refractivity contribution in [3.63, 3.8) is 0 Å². The molecule has 3 nitrogen and oxygen atoms in total. The average Bonchev–Trinajstić information content (AvgIpc) is 2.04. The van der Waals surface area contributed by atoms with Crippen molar-refractivity contribution in [1.82, 2.24) is 10.6 Å². The molecule has 0 fully saturated rings. The maximum atomic E-state index is 10.3. The summed E-state index contributed by atoms with van der Waals surface area (Å²) in [6.45, 7) is 6.76. The predicted molar refractivity (Wildman–Crippen MR) is 44.1 cm³/mol. The molecule has 10 heavy (non-hydrogen) atoms. The van der Waals surface area contributed by atoms with Gasteiger partial charge in [0.05, 0.1) is 0 Å². The van der Waals surface area contributed by atoms with Crippen LogP contribution in [0.3, 0.4) is 0 Å². The highest BCUT2D eigenvalue weighted by atomic mass is 16.2. The Balaban J connectivity index is 0. The number of carbonyl (C=O) groups excluding carboxylic acids is 1. The number of amides is 2. The number of nitrogens with one attached hydrogen (secondary N) is 2. The zero-order valence-electron chi connectivity index (χ0n) is 7.32. The van der Waals surface area contributed by atoms with Gasteiger partial charge in [-0.3, -0.25) is 0 Å². The molecule has 0 aromatic heterocycles. The van der Waals surface area contributed by atoms with E-state index in [1.54, 1.807) is 7.05 Å². The molecule has 62 valence electrons. The summed E-state index contributed by atoms with van der Waals surface area (Å²) >= 11 is 0. The van der Waals surface area contributed by atoms with Crippen LogP contribution in [0.4, 0.5) is 4.79 Å².